The Labute approximate surface area is 82.3 Å². The van der Waals surface area contributed by atoms with E-state index in [2.05, 4.69) is 0 Å². The van der Waals surface area contributed by atoms with Crippen LogP contribution in [0.4, 0.5) is 0 Å². The zero-order valence-electron chi connectivity index (χ0n) is 7.91. The van der Waals surface area contributed by atoms with Crippen LogP contribution in [0.5, 0.6) is 0 Å². The minimum atomic E-state index is -0.328. The van der Waals surface area contributed by atoms with Crippen LogP contribution in [0.1, 0.15) is 38.5 Å². The van der Waals surface area contributed by atoms with Gasteiger partial charge < -0.3 is 0 Å². The molecule has 2 amide bonds. The number of fused-ring (bicyclic) bond motifs is 1. The van der Waals surface area contributed by atoms with Crippen molar-refractivity contribution in [2.45, 2.75) is 44.1 Å². The third-order valence-corrected chi connectivity index (χ3v) is 3.27. The lowest BCUT2D eigenvalue weighted by Gasteiger charge is -2.29. The van der Waals surface area contributed by atoms with E-state index in [-0.39, 0.29) is 17.4 Å². The quantitative estimate of drug-likeness (QED) is 0.617. The molecule has 2 rings (SSSR count). The average molecular weight is 194 g/mol. The van der Waals surface area contributed by atoms with Gasteiger partial charge in [-0.25, -0.2) is 0 Å². The van der Waals surface area contributed by atoms with Gasteiger partial charge in [0, 0.05) is 19.3 Å². The summed E-state index contributed by atoms with van der Waals surface area (Å²) in [6, 6.07) is 0. The van der Waals surface area contributed by atoms with Crippen LogP contribution in [0.15, 0.2) is 0 Å². The summed E-state index contributed by atoms with van der Waals surface area (Å²) in [7, 11) is 0. The van der Waals surface area contributed by atoms with Crippen molar-refractivity contribution in [1.82, 2.24) is 4.90 Å². The highest BCUT2D eigenvalue weighted by Gasteiger charge is 2.52. The Morgan fingerprint density at radius 1 is 1.21 bits per heavy atom. The summed E-state index contributed by atoms with van der Waals surface area (Å²) in [5.74, 6) is -0.142. The van der Waals surface area contributed by atoms with Gasteiger partial charge in [-0.15, -0.1) is 0 Å². The first-order valence-electron chi connectivity index (χ1n) is 4.90. The maximum atomic E-state index is 11.4. The van der Waals surface area contributed by atoms with Gasteiger partial charge in [-0.3, -0.25) is 19.3 Å². The smallest absolute Gasteiger partial charge is 0.229 e. The lowest BCUT2D eigenvalue weighted by atomic mass is 9.89. The number of nitrogens with zero attached hydrogens (tertiary/aromatic N) is 1. The molecule has 1 radical (unpaired) electrons. The van der Waals surface area contributed by atoms with Crippen LogP contribution >= 0.6 is 0 Å². The van der Waals surface area contributed by atoms with Gasteiger partial charge in [-0.05, 0) is 19.3 Å². The molecular formula is C10H12NO3. The molecule has 2 aliphatic rings. The van der Waals surface area contributed by atoms with Crippen molar-refractivity contribution < 1.29 is 14.4 Å². The van der Waals surface area contributed by atoms with Gasteiger partial charge in [0.1, 0.15) is 0 Å². The topological polar surface area (TPSA) is 54.5 Å². The lowest BCUT2D eigenvalue weighted by Crippen LogP contribution is -2.42. The first-order chi connectivity index (χ1) is 6.69. The Morgan fingerprint density at radius 2 is 1.79 bits per heavy atom. The summed E-state index contributed by atoms with van der Waals surface area (Å²) in [6.45, 7) is 0. The molecule has 0 aromatic carbocycles. The first kappa shape index (κ1) is 9.37. The van der Waals surface area contributed by atoms with Crippen LogP contribution < -0.4 is 0 Å². The Hall–Kier alpha value is -1.19. The second-order valence-electron chi connectivity index (χ2n) is 3.99. The summed E-state index contributed by atoms with van der Waals surface area (Å²) >= 11 is 0. The van der Waals surface area contributed by atoms with Crippen LogP contribution in [-0.2, 0) is 14.4 Å². The molecule has 2 heterocycles. The zero-order chi connectivity index (χ0) is 10.2. The van der Waals surface area contributed by atoms with Crippen LogP contribution in [-0.4, -0.2) is 28.5 Å². The molecule has 75 valence electrons. The minimum Gasteiger partial charge on any atom is -0.291 e. The maximum Gasteiger partial charge on any atom is 0.229 e. The van der Waals surface area contributed by atoms with Crippen molar-refractivity contribution in [3.63, 3.8) is 0 Å². The molecule has 2 aliphatic heterocycles. The van der Waals surface area contributed by atoms with E-state index in [1.54, 1.807) is 0 Å². The molecule has 2 fully saturated rings. The third kappa shape index (κ3) is 1.17. The number of hydrogen-bond donors (Lipinski definition) is 0. The third-order valence-electron chi connectivity index (χ3n) is 3.27. The van der Waals surface area contributed by atoms with E-state index >= 15 is 0 Å². The highest BCUT2D eigenvalue weighted by molar-refractivity contribution is 5.99. The van der Waals surface area contributed by atoms with E-state index in [1.807, 2.05) is 6.29 Å². The molecule has 0 N–H and O–H groups in total. The molecule has 0 aromatic heterocycles. The van der Waals surface area contributed by atoms with Crippen molar-refractivity contribution in [2.75, 3.05) is 0 Å². The van der Waals surface area contributed by atoms with Crippen LogP contribution in [0.3, 0.4) is 0 Å². The molecular weight excluding hydrogens is 182 g/mol. The van der Waals surface area contributed by atoms with Crippen molar-refractivity contribution in [2.24, 2.45) is 0 Å². The lowest BCUT2D eigenvalue weighted by molar-refractivity contribution is -0.142. The maximum absolute atomic E-state index is 11.4. The standard InChI is InChI=1S/C10H12NO3/c12-7-1-4-10-5-2-8(13)11(10)9(14)3-6-10/h1-6H2. The van der Waals surface area contributed by atoms with E-state index in [1.165, 1.54) is 4.90 Å². The van der Waals surface area contributed by atoms with Crippen LogP contribution in [0.25, 0.3) is 0 Å². The van der Waals surface area contributed by atoms with Gasteiger partial charge in [0.25, 0.3) is 0 Å². The second-order valence-corrected chi connectivity index (χ2v) is 3.99. The highest BCUT2D eigenvalue weighted by Crippen LogP contribution is 2.43. The summed E-state index contributed by atoms with van der Waals surface area (Å²) in [5.41, 5.74) is -0.328. The predicted molar refractivity (Wildman–Crippen MR) is 48.0 cm³/mol. The van der Waals surface area contributed by atoms with Crippen molar-refractivity contribution in [1.29, 1.82) is 0 Å². The summed E-state index contributed by atoms with van der Waals surface area (Å²) < 4.78 is 0. The summed E-state index contributed by atoms with van der Waals surface area (Å²) in [4.78, 5) is 34.5. The molecule has 0 atom stereocenters. The van der Waals surface area contributed by atoms with Crippen molar-refractivity contribution in [3.8, 4) is 0 Å². The van der Waals surface area contributed by atoms with E-state index in [0.29, 0.717) is 25.7 Å². The molecule has 0 aromatic rings. The van der Waals surface area contributed by atoms with Gasteiger partial charge in [0.05, 0.1) is 5.54 Å². The Morgan fingerprint density at radius 3 is 2.29 bits per heavy atom. The van der Waals surface area contributed by atoms with Crippen molar-refractivity contribution in [3.05, 3.63) is 0 Å². The number of rotatable bonds is 3. The molecule has 2 saturated heterocycles. The molecule has 0 aliphatic carbocycles. The molecule has 0 spiro atoms. The Balaban J connectivity index is 2.20. The fourth-order valence-electron chi connectivity index (χ4n) is 2.57. The number of carbonyl (C=O) groups excluding carboxylic acids is 3. The average Bonchev–Trinajstić information content (AvgIpc) is 2.66. The first-order valence-corrected chi connectivity index (χ1v) is 4.90. The fraction of sp³-hybridized carbons (Fsp3) is 0.700. The minimum absolute atomic E-state index is 0.0709. The number of carbonyl (C=O) groups is 2. The fourth-order valence-corrected chi connectivity index (χ4v) is 2.57. The SMILES string of the molecule is O=[C]CCC12CCC(=O)N1C(=O)CC2. The monoisotopic (exact) mass is 194 g/mol. The highest BCUT2D eigenvalue weighted by atomic mass is 16.2. The molecule has 0 unspecified atom stereocenters. The van der Waals surface area contributed by atoms with Gasteiger partial charge in [-0.2, -0.15) is 0 Å². The van der Waals surface area contributed by atoms with Gasteiger partial charge in [0.2, 0.25) is 11.8 Å². The van der Waals surface area contributed by atoms with Gasteiger partial charge in [-0.1, -0.05) is 0 Å². The molecule has 14 heavy (non-hydrogen) atoms. The molecule has 0 saturated carbocycles. The number of hydrogen-bond acceptors (Lipinski definition) is 3. The Bertz CT molecular complexity index is 278. The Kier molecular flexibility index (Phi) is 2.13. The van der Waals surface area contributed by atoms with E-state index < -0.39 is 0 Å². The summed E-state index contributed by atoms with van der Waals surface area (Å²) in [6.07, 6.45) is 5.08. The normalized spacial score (nSPS) is 24.1. The van der Waals surface area contributed by atoms with E-state index in [9.17, 15) is 14.4 Å². The van der Waals surface area contributed by atoms with Crippen LogP contribution in [0.2, 0.25) is 0 Å². The summed E-state index contributed by atoms with van der Waals surface area (Å²) in [5, 5.41) is 0. The zero-order valence-corrected chi connectivity index (χ0v) is 7.91. The molecule has 4 nitrogen and oxygen atoms in total. The molecule has 0 bridgehead atoms. The largest absolute Gasteiger partial charge is 0.291 e. The molecule has 4 heteroatoms. The van der Waals surface area contributed by atoms with Gasteiger partial charge >= 0.3 is 0 Å². The van der Waals surface area contributed by atoms with Crippen LogP contribution in [0, 0.1) is 0 Å². The van der Waals surface area contributed by atoms with E-state index in [0.717, 1.165) is 12.8 Å². The van der Waals surface area contributed by atoms with Crippen molar-refractivity contribution >= 4 is 18.1 Å². The predicted octanol–water partition coefficient (Wildman–Crippen LogP) is 0.558. The number of amides is 2. The number of imide groups is 1. The second kappa shape index (κ2) is 3.19. The van der Waals surface area contributed by atoms with E-state index in [4.69, 9.17) is 0 Å². The van der Waals surface area contributed by atoms with Gasteiger partial charge in [0.15, 0.2) is 6.29 Å².